The summed E-state index contributed by atoms with van der Waals surface area (Å²) in [6, 6.07) is 6.94. The van der Waals surface area contributed by atoms with E-state index in [1.165, 1.54) is 12.1 Å². The van der Waals surface area contributed by atoms with Crippen LogP contribution in [0.1, 0.15) is 11.1 Å². The average Bonchev–Trinajstić information content (AvgIpc) is 2.42. The van der Waals surface area contributed by atoms with Gasteiger partial charge < -0.3 is 4.74 Å². The van der Waals surface area contributed by atoms with Gasteiger partial charge in [-0.3, -0.25) is 0 Å². The fourth-order valence-corrected chi connectivity index (χ4v) is 1.62. The molecule has 21 heavy (non-hydrogen) atoms. The second kappa shape index (κ2) is 5.40. The fraction of sp³-hybridized carbons (Fsp3) is 0.0714. The molecule has 0 N–H and O–H groups in total. The highest BCUT2D eigenvalue weighted by Gasteiger charge is 2.33. The van der Waals surface area contributed by atoms with Crippen LogP contribution in [0.25, 0.3) is 0 Å². The molecule has 0 heterocycles. The molecule has 0 saturated heterocycles. The molecule has 0 atom stereocenters. The summed E-state index contributed by atoms with van der Waals surface area (Å²) in [6.07, 6.45) is -4.69. The van der Waals surface area contributed by atoms with Gasteiger partial charge in [0.1, 0.15) is 5.75 Å². The summed E-state index contributed by atoms with van der Waals surface area (Å²) in [5.41, 5.74) is -1.80. The zero-order valence-corrected chi connectivity index (χ0v) is 10.2. The van der Waals surface area contributed by atoms with E-state index in [4.69, 9.17) is 10.00 Å². The van der Waals surface area contributed by atoms with Crippen LogP contribution in [0.5, 0.6) is 11.5 Å². The summed E-state index contributed by atoms with van der Waals surface area (Å²) in [7, 11) is 0. The predicted octanol–water partition coefficient (Wildman–Crippen LogP) is 4.65. The Kier molecular flexibility index (Phi) is 3.80. The van der Waals surface area contributed by atoms with Crippen molar-refractivity contribution >= 4 is 0 Å². The van der Waals surface area contributed by atoms with Crippen LogP contribution in [-0.2, 0) is 6.18 Å². The maximum Gasteiger partial charge on any atom is 0.417 e. The van der Waals surface area contributed by atoms with Crippen molar-refractivity contribution < 1.29 is 26.7 Å². The second-order valence-electron chi connectivity index (χ2n) is 3.97. The molecule has 0 fully saturated rings. The molecule has 0 spiro atoms. The number of hydrogen-bond donors (Lipinski definition) is 0. The van der Waals surface area contributed by atoms with Gasteiger partial charge in [-0.1, -0.05) is 6.07 Å². The molecule has 0 unspecified atom stereocenters. The molecule has 0 radical (unpaired) electrons. The Morgan fingerprint density at radius 1 is 1.05 bits per heavy atom. The Hall–Kier alpha value is -2.62. The second-order valence-corrected chi connectivity index (χ2v) is 3.97. The minimum Gasteiger partial charge on any atom is -0.454 e. The molecule has 2 nitrogen and oxygen atoms in total. The van der Waals surface area contributed by atoms with Crippen molar-refractivity contribution in [1.82, 2.24) is 0 Å². The summed E-state index contributed by atoms with van der Waals surface area (Å²) in [4.78, 5) is 0. The van der Waals surface area contributed by atoms with Crippen molar-refractivity contribution in [1.29, 1.82) is 5.26 Å². The Bertz CT molecular complexity index is 718. The third-order valence-electron chi connectivity index (χ3n) is 2.56. The first kappa shape index (κ1) is 14.8. The quantitative estimate of drug-likeness (QED) is 0.756. The van der Waals surface area contributed by atoms with Crippen LogP contribution in [0.15, 0.2) is 36.4 Å². The van der Waals surface area contributed by atoms with Gasteiger partial charge in [0.25, 0.3) is 0 Å². The number of nitrogens with zero attached hydrogens (tertiary/aromatic N) is 1. The van der Waals surface area contributed by atoms with Crippen molar-refractivity contribution in [2.24, 2.45) is 0 Å². The van der Waals surface area contributed by atoms with Gasteiger partial charge in [0, 0.05) is 0 Å². The van der Waals surface area contributed by atoms with Crippen LogP contribution in [0.2, 0.25) is 0 Å². The van der Waals surface area contributed by atoms with Crippen LogP contribution in [0, 0.1) is 23.0 Å². The lowest BCUT2D eigenvalue weighted by molar-refractivity contribution is -0.137. The minimum atomic E-state index is -4.69. The third-order valence-corrected chi connectivity index (χ3v) is 2.56. The molecule has 0 aromatic heterocycles. The van der Waals surface area contributed by atoms with Gasteiger partial charge >= 0.3 is 6.18 Å². The van der Waals surface area contributed by atoms with E-state index in [1.54, 1.807) is 0 Å². The molecule has 2 aromatic rings. The highest BCUT2D eigenvalue weighted by Crippen LogP contribution is 2.35. The van der Waals surface area contributed by atoms with E-state index in [9.17, 15) is 22.0 Å². The maximum absolute atomic E-state index is 13.4. The van der Waals surface area contributed by atoms with E-state index in [-0.39, 0.29) is 5.75 Å². The zero-order chi connectivity index (χ0) is 15.6. The van der Waals surface area contributed by atoms with Crippen LogP contribution in [-0.4, -0.2) is 0 Å². The van der Waals surface area contributed by atoms with Gasteiger partial charge in [-0.2, -0.15) is 22.8 Å². The van der Waals surface area contributed by atoms with Crippen LogP contribution >= 0.6 is 0 Å². The first-order chi connectivity index (χ1) is 9.82. The van der Waals surface area contributed by atoms with E-state index in [2.05, 4.69) is 0 Å². The van der Waals surface area contributed by atoms with Crippen molar-refractivity contribution in [3.8, 4) is 17.6 Å². The van der Waals surface area contributed by atoms with E-state index in [0.29, 0.717) is 6.07 Å². The van der Waals surface area contributed by atoms with Gasteiger partial charge in [0.15, 0.2) is 11.6 Å². The number of nitriles is 1. The van der Waals surface area contributed by atoms with E-state index < -0.39 is 34.7 Å². The van der Waals surface area contributed by atoms with Crippen molar-refractivity contribution in [2.45, 2.75) is 6.18 Å². The SMILES string of the molecule is N#Cc1cc(Oc2cccc(F)c2F)ccc1C(F)(F)F. The average molecular weight is 299 g/mol. The van der Waals surface area contributed by atoms with Gasteiger partial charge in [-0.05, 0) is 30.3 Å². The molecule has 0 amide bonds. The first-order valence-electron chi connectivity index (χ1n) is 5.56. The summed E-state index contributed by atoms with van der Waals surface area (Å²) in [5.74, 6) is -3.11. The Labute approximate surface area is 116 Å². The number of rotatable bonds is 2. The lowest BCUT2D eigenvalue weighted by Crippen LogP contribution is -2.07. The molecule has 0 aliphatic rings. The van der Waals surface area contributed by atoms with E-state index >= 15 is 0 Å². The van der Waals surface area contributed by atoms with Gasteiger partial charge in [-0.15, -0.1) is 0 Å². The highest BCUT2D eigenvalue weighted by molar-refractivity contribution is 5.46. The smallest absolute Gasteiger partial charge is 0.417 e. The van der Waals surface area contributed by atoms with E-state index in [0.717, 1.165) is 24.3 Å². The molecule has 7 heteroatoms. The Morgan fingerprint density at radius 2 is 1.76 bits per heavy atom. The molecule has 108 valence electrons. The fourth-order valence-electron chi connectivity index (χ4n) is 1.62. The number of halogens is 5. The summed E-state index contributed by atoms with van der Waals surface area (Å²) >= 11 is 0. The summed E-state index contributed by atoms with van der Waals surface area (Å²) in [5, 5.41) is 8.73. The molecule has 0 aliphatic carbocycles. The third kappa shape index (κ3) is 3.11. The van der Waals surface area contributed by atoms with Gasteiger partial charge in [0.2, 0.25) is 5.82 Å². The largest absolute Gasteiger partial charge is 0.454 e. The molecule has 2 aromatic carbocycles. The monoisotopic (exact) mass is 299 g/mol. The van der Waals surface area contributed by atoms with Crippen molar-refractivity contribution in [3.05, 3.63) is 59.2 Å². The Balaban J connectivity index is 2.39. The maximum atomic E-state index is 13.4. The molecule has 0 saturated carbocycles. The molecule has 0 bridgehead atoms. The highest BCUT2D eigenvalue weighted by atomic mass is 19.4. The first-order valence-corrected chi connectivity index (χ1v) is 5.56. The summed E-state index contributed by atoms with van der Waals surface area (Å²) < 4.78 is 69.2. The number of hydrogen-bond acceptors (Lipinski definition) is 2. The zero-order valence-electron chi connectivity index (χ0n) is 10.2. The number of alkyl halides is 3. The molecule has 0 aliphatic heterocycles. The number of benzene rings is 2. The molecular weight excluding hydrogens is 293 g/mol. The van der Waals surface area contributed by atoms with Crippen molar-refractivity contribution in [2.75, 3.05) is 0 Å². The Morgan fingerprint density at radius 3 is 2.38 bits per heavy atom. The molecular formula is C14H6F5NO. The van der Waals surface area contributed by atoms with Gasteiger partial charge in [0.05, 0.1) is 17.2 Å². The van der Waals surface area contributed by atoms with Gasteiger partial charge in [-0.25, -0.2) is 4.39 Å². The summed E-state index contributed by atoms with van der Waals surface area (Å²) in [6.45, 7) is 0. The molecule has 2 rings (SSSR count). The topological polar surface area (TPSA) is 33.0 Å². The van der Waals surface area contributed by atoms with E-state index in [1.807, 2.05) is 0 Å². The lowest BCUT2D eigenvalue weighted by atomic mass is 10.1. The predicted molar refractivity (Wildman–Crippen MR) is 62.6 cm³/mol. The van der Waals surface area contributed by atoms with Crippen LogP contribution in [0.4, 0.5) is 22.0 Å². The van der Waals surface area contributed by atoms with Crippen LogP contribution in [0.3, 0.4) is 0 Å². The van der Waals surface area contributed by atoms with Crippen molar-refractivity contribution in [3.63, 3.8) is 0 Å². The minimum absolute atomic E-state index is 0.205. The standard InChI is InChI=1S/C14H6F5NO/c15-11-2-1-3-12(13(11)16)21-9-4-5-10(14(17,18)19)8(6-9)7-20/h1-6H. The number of ether oxygens (including phenoxy) is 1. The normalized spacial score (nSPS) is 11.0. The lowest BCUT2D eigenvalue weighted by Gasteiger charge is -2.11. The van der Waals surface area contributed by atoms with Crippen LogP contribution < -0.4 is 4.74 Å².